The van der Waals surface area contributed by atoms with E-state index in [9.17, 15) is 14.9 Å². The highest BCUT2D eigenvalue weighted by Gasteiger charge is 2.13. The van der Waals surface area contributed by atoms with Crippen LogP contribution in [-0.4, -0.2) is 63.1 Å². The minimum atomic E-state index is -0.464. The highest BCUT2D eigenvalue weighted by Crippen LogP contribution is 2.24. The Morgan fingerprint density at radius 2 is 2.06 bits per heavy atom. The molecule has 0 aliphatic heterocycles. The molecule has 2 heterocycles. The van der Waals surface area contributed by atoms with Gasteiger partial charge in [-0.1, -0.05) is 18.7 Å². The van der Waals surface area contributed by atoms with E-state index in [-0.39, 0.29) is 11.6 Å². The van der Waals surface area contributed by atoms with Gasteiger partial charge in [0.1, 0.15) is 5.82 Å². The summed E-state index contributed by atoms with van der Waals surface area (Å²) in [6.45, 7) is 4.06. The zero-order chi connectivity index (χ0) is 24.3. The van der Waals surface area contributed by atoms with Gasteiger partial charge in [-0.15, -0.1) is 0 Å². The molecule has 3 aromatic rings. The summed E-state index contributed by atoms with van der Waals surface area (Å²) in [5.74, 6) is 1.35. The predicted molar refractivity (Wildman–Crippen MR) is 132 cm³/mol. The van der Waals surface area contributed by atoms with Crippen molar-refractivity contribution in [2.75, 3.05) is 37.9 Å². The number of anilines is 1. The molecule has 0 bridgehead atoms. The number of hydrogen-bond donors (Lipinski definition) is 2. The second-order valence-electron chi connectivity index (χ2n) is 7.20. The molecule has 12 heteroatoms. The van der Waals surface area contributed by atoms with Crippen molar-refractivity contribution in [3.8, 4) is 0 Å². The van der Waals surface area contributed by atoms with E-state index in [4.69, 9.17) is 4.74 Å². The number of benzene rings is 1. The number of ether oxygens (including phenoxy) is 1. The summed E-state index contributed by atoms with van der Waals surface area (Å²) in [6.07, 6.45) is 5.72. The quantitative estimate of drug-likeness (QED) is 0.0934. The maximum absolute atomic E-state index is 12.2. The molecule has 1 amide bonds. The number of nitrogens with zero attached hydrogens (tertiary/aromatic N) is 5. The smallest absolute Gasteiger partial charge is 0.269 e. The molecule has 0 saturated carbocycles. The number of non-ortho nitro benzene ring substituents is 1. The first-order chi connectivity index (χ1) is 16.5. The maximum atomic E-state index is 12.2. The van der Waals surface area contributed by atoms with Gasteiger partial charge in [-0.25, -0.2) is 14.6 Å². The third-order valence-corrected chi connectivity index (χ3v) is 5.72. The van der Waals surface area contributed by atoms with E-state index in [0.717, 1.165) is 17.6 Å². The molecule has 0 radical (unpaired) electrons. The van der Waals surface area contributed by atoms with E-state index in [1.807, 2.05) is 0 Å². The number of amides is 1. The highest BCUT2D eigenvalue weighted by atomic mass is 32.2. The molecule has 0 spiro atoms. The van der Waals surface area contributed by atoms with Crippen molar-refractivity contribution in [2.45, 2.75) is 25.0 Å². The van der Waals surface area contributed by atoms with Crippen LogP contribution in [0.5, 0.6) is 0 Å². The minimum Gasteiger partial charge on any atom is -0.383 e. The number of carbonyl (C=O) groups excluding carboxylic acids is 1. The Morgan fingerprint density at radius 3 is 2.76 bits per heavy atom. The topological polar surface area (TPSA) is 137 Å². The molecule has 0 atom stereocenters. The molecule has 0 saturated heterocycles. The van der Waals surface area contributed by atoms with Gasteiger partial charge in [0.25, 0.3) is 5.69 Å². The Balaban J connectivity index is 1.63. The van der Waals surface area contributed by atoms with Crippen LogP contribution in [-0.2, 0) is 16.1 Å². The number of carbonyl (C=O) groups is 1. The number of aromatic nitrogens is 4. The average molecular weight is 486 g/mol. The van der Waals surface area contributed by atoms with E-state index in [1.165, 1.54) is 18.2 Å². The van der Waals surface area contributed by atoms with Crippen LogP contribution in [0, 0.1) is 10.1 Å². The lowest BCUT2D eigenvalue weighted by molar-refractivity contribution is -0.384. The molecular formula is C22H27N7O4S. The van der Waals surface area contributed by atoms with E-state index in [2.05, 4.69) is 32.6 Å². The van der Waals surface area contributed by atoms with Crippen molar-refractivity contribution in [1.82, 2.24) is 25.1 Å². The molecule has 34 heavy (non-hydrogen) atoms. The minimum absolute atomic E-state index is 0.00478. The number of nitrogens with one attached hydrogen (secondary N) is 2. The van der Waals surface area contributed by atoms with Crippen molar-refractivity contribution in [3.05, 3.63) is 52.2 Å². The Kier molecular flexibility index (Phi) is 9.35. The molecule has 0 aliphatic rings. The third-order valence-electron chi connectivity index (χ3n) is 4.66. The molecule has 0 unspecified atom stereocenters. The molecule has 3 rings (SSSR count). The van der Waals surface area contributed by atoms with Crippen LogP contribution in [0.15, 0.2) is 41.7 Å². The van der Waals surface area contributed by atoms with Crippen LogP contribution < -0.4 is 10.6 Å². The van der Waals surface area contributed by atoms with Gasteiger partial charge in [0, 0.05) is 44.2 Å². The first kappa shape index (κ1) is 25.1. The van der Waals surface area contributed by atoms with Crippen LogP contribution in [0.1, 0.15) is 18.9 Å². The summed E-state index contributed by atoms with van der Waals surface area (Å²) in [4.78, 5) is 31.7. The van der Waals surface area contributed by atoms with Crippen molar-refractivity contribution >= 4 is 46.3 Å². The van der Waals surface area contributed by atoms with Crippen molar-refractivity contribution in [3.63, 3.8) is 0 Å². The fourth-order valence-electron chi connectivity index (χ4n) is 2.99. The molecule has 2 N–H and O–H groups in total. The lowest BCUT2D eigenvalue weighted by Gasteiger charge is -2.09. The molecule has 0 aliphatic carbocycles. The number of rotatable bonds is 13. The normalized spacial score (nSPS) is 11.2. The van der Waals surface area contributed by atoms with Crippen molar-refractivity contribution in [2.24, 2.45) is 0 Å². The molecular weight excluding hydrogens is 458 g/mol. The maximum Gasteiger partial charge on any atom is 0.269 e. The monoisotopic (exact) mass is 485 g/mol. The summed E-state index contributed by atoms with van der Waals surface area (Å²) in [5.41, 5.74) is 1.40. The molecule has 11 nitrogen and oxygen atoms in total. The van der Waals surface area contributed by atoms with E-state index in [0.29, 0.717) is 48.4 Å². The average Bonchev–Trinajstić information content (AvgIpc) is 3.25. The first-order valence-electron chi connectivity index (χ1n) is 10.8. The van der Waals surface area contributed by atoms with Gasteiger partial charge in [-0.2, -0.15) is 5.10 Å². The first-order valence-corrected chi connectivity index (χ1v) is 11.8. The zero-order valence-corrected chi connectivity index (χ0v) is 19.9. The second kappa shape index (κ2) is 12.7. The standard InChI is InChI=1S/C22H27N7O4S/c1-3-14-34-22-26-20(24-11-13-33-2)18-15-25-28(21(18)27-22)12-10-23-19(30)9-6-16-4-7-17(8-5-16)29(31)32/h4-9,15H,3,10-14H2,1-2H3,(H,23,30)(H,24,26,27)/b9-6-. The fourth-order valence-corrected chi connectivity index (χ4v) is 3.68. The number of hydrogen-bond acceptors (Lipinski definition) is 9. The number of fused-ring (bicyclic) bond motifs is 1. The lowest BCUT2D eigenvalue weighted by Crippen LogP contribution is -2.25. The number of nitro benzene ring substituents is 1. The van der Waals surface area contributed by atoms with Gasteiger partial charge in [0.2, 0.25) is 5.91 Å². The van der Waals surface area contributed by atoms with Crippen molar-refractivity contribution in [1.29, 1.82) is 0 Å². The Labute approximate surface area is 201 Å². The van der Waals surface area contributed by atoms with Crippen LogP contribution >= 0.6 is 11.8 Å². The van der Waals surface area contributed by atoms with Crippen LogP contribution in [0.4, 0.5) is 11.5 Å². The lowest BCUT2D eigenvalue weighted by atomic mass is 10.2. The van der Waals surface area contributed by atoms with Gasteiger partial charge in [0.05, 0.1) is 29.7 Å². The third kappa shape index (κ3) is 6.99. The Bertz CT molecular complexity index is 1150. The molecule has 2 aromatic heterocycles. The largest absolute Gasteiger partial charge is 0.383 e. The molecule has 0 fully saturated rings. The van der Waals surface area contributed by atoms with Gasteiger partial charge in [-0.3, -0.25) is 14.9 Å². The summed E-state index contributed by atoms with van der Waals surface area (Å²) >= 11 is 1.59. The van der Waals surface area contributed by atoms with Gasteiger partial charge < -0.3 is 15.4 Å². The van der Waals surface area contributed by atoms with Gasteiger partial charge in [-0.05, 0) is 30.2 Å². The van der Waals surface area contributed by atoms with Gasteiger partial charge >= 0.3 is 0 Å². The summed E-state index contributed by atoms with van der Waals surface area (Å²) in [7, 11) is 1.65. The summed E-state index contributed by atoms with van der Waals surface area (Å²) in [5, 5.41) is 22.7. The second-order valence-corrected chi connectivity index (χ2v) is 8.26. The fraction of sp³-hybridized carbons (Fsp3) is 0.364. The number of methoxy groups -OCH3 is 1. The summed E-state index contributed by atoms with van der Waals surface area (Å²) in [6, 6.07) is 5.97. The van der Waals surface area contributed by atoms with Crippen molar-refractivity contribution < 1.29 is 14.5 Å². The molecule has 1 aromatic carbocycles. The Hall–Kier alpha value is -3.51. The van der Waals surface area contributed by atoms with Crippen LogP contribution in [0.2, 0.25) is 0 Å². The van der Waals surface area contributed by atoms with Crippen LogP contribution in [0.3, 0.4) is 0 Å². The number of thioether (sulfide) groups is 1. The summed E-state index contributed by atoms with van der Waals surface area (Å²) < 4.78 is 6.85. The van der Waals surface area contributed by atoms with E-state index >= 15 is 0 Å². The predicted octanol–water partition coefficient (Wildman–Crippen LogP) is 3.12. The van der Waals surface area contributed by atoms with E-state index in [1.54, 1.807) is 48.0 Å². The zero-order valence-electron chi connectivity index (χ0n) is 19.1. The van der Waals surface area contributed by atoms with E-state index < -0.39 is 4.92 Å². The Morgan fingerprint density at radius 1 is 1.26 bits per heavy atom. The van der Waals surface area contributed by atoms with Gasteiger partial charge in [0.15, 0.2) is 10.8 Å². The SMILES string of the molecule is CCCSc1nc(NCCOC)c2cnn(CCNC(=O)/C=C\c3ccc([N+](=O)[O-])cc3)c2n1. The number of nitro groups is 1. The highest BCUT2D eigenvalue weighted by molar-refractivity contribution is 7.99. The molecule has 180 valence electrons. The van der Waals surface area contributed by atoms with Crippen LogP contribution in [0.25, 0.3) is 17.1 Å².